The Labute approximate surface area is 308 Å². The Morgan fingerprint density at radius 3 is 1.15 bits per heavy atom. The number of unbranched alkanes of at least 4 members (excludes halogenated alkanes) is 4. The van der Waals surface area contributed by atoms with E-state index in [-0.39, 0.29) is 0 Å². The van der Waals surface area contributed by atoms with Crippen molar-refractivity contribution in [3.63, 3.8) is 0 Å². The average Bonchev–Trinajstić information content (AvgIpc) is 3.17. The van der Waals surface area contributed by atoms with Gasteiger partial charge in [-0.1, -0.05) is 63.8 Å². The van der Waals surface area contributed by atoms with Gasteiger partial charge in [0.2, 0.25) is 0 Å². The summed E-state index contributed by atoms with van der Waals surface area (Å²) in [5, 5.41) is 17.8. The molecular weight excluding hydrogens is 649 g/mol. The maximum absolute atomic E-state index is 6.03. The van der Waals surface area contributed by atoms with E-state index in [0.29, 0.717) is 13.2 Å². The smallest absolute Gasteiger partial charge is 0.120 e. The molecule has 0 atom stereocenters. The molecule has 5 rings (SSSR count). The van der Waals surface area contributed by atoms with Gasteiger partial charge >= 0.3 is 0 Å². The van der Waals surface area contributed by atoms with Gasteiger partial charge in [0.1, 0.15) is 36.2 Å². The van der Waals surface area contributed by atoms with E-state index in [9.17, 15) is 0 Å². The van der Waals surface area contributed by atoms with E-state index in [1.165, 1.54) is 25.7 Å². The van der Waals surface area contributed by atoms with E-state index in [4.69, 9.17) is 18.9 Å². The molecule has 0 saturated heterocycles. The largest absolute Gasteiger partial charge is 0.494 e. The fraction of sp³-hybridized carbons (Fsp3) is 0.318. The molecular formula is C44H50N4O4. The van der Waals surface area contributed by atoms with E-state index in [1.807, 2.05) is 123 Å². The highest BCUT2D eigenvalue weighted by Crippen LogP contribution is 2.29. The summed E-state index contributed by atoms with van der Waals surface area (Å²) < 4.78 is 23.7. The molecule has 270 valence electrons. The van der Waals surface area contributed by atoms with E-state index in [2.05, 4.69) is 34.3 Å². The minimum atomic E-state index is 0.477. The van der Waals surface area contributed by atoms with Crippen LogP contribution in [-0.2, 0) is 13.2 Å². The van der Waals surface area contributed by atoms with Crippen LogP contribution >= 0.6 is 0 Å². The van der Waals surface area contributed by atoms with Crippen molar-refractivity contribution in [3.8, 4) is 23.0 Å². The highest BCUT2D eigenvalue weighted by molar-refractivity contribution is 5.52. The summed E-state index contributed by atoms with van der Waals surface area (Å²) in [6, 6.07) is 35.3. The predicted molar refractivity (Wildman–Crippen MR) is 209 cm³/mol. The van der Waals surface area contributed by atoms with Crippen molar-refractivity contribution in [1.29, 1.82) is 0 Å². The zero-order valence-electron chi connectivity index (χ0n) is 30.9. The van der Waals surface area contributed by atoms with Crippen molar-refractivity contribution in [2.24, 2.45) is 20.5 Å². The topological polar surface area (TPSA) is 86.4 Å². The van der Waals surface area contributed by atoms with Gasteiger partial charge < -0.3 is 18.9 Å². The lowest BCUT2D eigenvalue weighted by atomic mass is 10.2. The minimum Gasteiger partial charge on any atom is -0.494 e. The summed E-state index contributed by atoms with van der Waals surface area (Å²) in [6.45, 7) is 10.8. The number of hydrogen-bond acceptors (Lipinski definition) is 8. The van der Waals surface area contributed by atoms with Crippen LogP contribution in [0, 0.1) is 13.8 Å². The lowest BCUT2D eigenvalue weighted by Gasteiger charge is -2.10. The first-order valence-corrected chi connectivity index (χ1v) is 18.3. The van der Waals surface area contributed by atoms with Gasteiger partial charge in [0.15, 0.2) is 0 Å². The molecule has 0 fully saturated rings. The summed E-state index contributed by atoms with van der Waals surface area (Å²) >= 11 is 0. The summed E-state index contributed by atoms with van der Waals surface area (Å²) in [5.41, 5.74) is 7.14. The number of azo groups is 2. The highest BCUT2D eigenvalue weighted by Gasteiger charge is 2.05. The summed E-state index contributed by atoms with van der Waals surface area (Å²) in [7, 11) is 0. The molecule has 0 aliphatic rings. The molecule has 8 nitrogen and oxygen atoms in total. The van der Waals surface area contributed by atoms with Gasteiger partial charge in [0.05, 0.1) is 36.0 Å². The van der Waals surface area contributed by atoms with Crippen LogP contribution in [0.1, 0.15) is 74.6 Å². The van der Waals surface area contributed by atoms with E-state index in [0.717, 1.165) is 94.1 Å². The molecule has 0 aliphatic heterocycles. The number of rotatable bonds is 20. The normalized spacial score (nSPS) is 11.3. The van der Waals surface area contributed by atoms with Gasteiger partial charge in [-0.25, -0.2) is 0 Å². The number of hydrogen-bond donors (Lipinski definition) is 0. The third-order valence-electron chi connectivity index (χ3n) is 8.42. The van der Waals surface area contributed by atoms with Gasteiger partial charge in [0.25, 0.3) is 0 Å². The average molecular weight is 699 g/mol. The van der Waals surface area contributed by atoms with Crippen LogP contribution in [0.4, 0.5) is 22.7 Å². The van der Waals surface area contributed by atoms with E-state index in [1.54, 1.807) is 0 Å². The van der Waals surface area contributed by atoms with Crippen molar-refractivity contribution in [1.82, 2.24) is 0 Å². The molecule has 0 aromatic heterocycles. The number of nitrogens with zero attached hydrogens (tertiary/aromatic N) is 4. The Morgan fingerprint density at radius 1 is 0.404 bits per heavy atom. The Balaban J connectivity index is 1.07. The second kappa shape index (κ2) is 20.4. The second-order valence-electron chi connectivity index (χ2n) is 12.8. The number of benzene rings is 5. The first-order chi connectivity index (χ1) is 25.5. The van der Waals surface area contributed by atoms with Gasteiger partial charge in [-0.2, -0.15) is 20.5 Å². The van der Waals surface area contributed by atoms with Crippen LogP contribution in [0.25, 0.3) is 0 Å². The minimum absolute atomic E-state index is 0.477. The van der Waals surface area contributed by atoms with Crippen molar-refractivity contribution in [3.05, 3.63) is 131 Å². The van der Waals surface area contributed by atoms with Crippen molar-refractivity contribution in [2.45, 2.75) is 79.4 Å². The van der Waals surface area contributed by atoms with Crippen LogP contribution in [0.15, 0.2) is 130 Å². The molecule has 8 heteroatoms. The molecule has 0 N–H and O–H groups in total. The predicted octanol–water partition coefficient (Wildman–Crippen LogP) is 13.4. The summed E-state index contributed by atoms with van der Waals surface area (Å²) in [6.07, 6.45) is 6.91. The fourth-order valence-corrected chi connectivity index (χ4v) is 5.25. The molecule has 0 saturated carbocycles. The molecule has 5 aromatic rings. The van der Waals surface area contributed by atoms with Crippen molar-refractivity contribution in [2.75, 3.05) is 13.2 Å². The van der Waals surface area contributed by atoms with E-state index >= 15 is 0 Å². The summed E-state index contributed by atoms with van der Waals surface area (Å²) in [5.74, 6) is 3.36. The molecule has 0 bridgehead atoms. The molecule has 0 radical (unpaired) electrons. The van der Waals surface area contributed by atoms with Gasteiger partial charge in [-0.05, 0) is 134 Å². The van der Waals surface area contributed by atoms with Crippen LogP contribution < -0.4 is 18.9 Å². The van der Waals surface area contributed by atoms with Crippen molar-refractivity contribution >= 4 is 22.7 Å². The lowest BCUT2D eigenvalue weighted by molar-refractivity contribution is 0.301. The fourth-order valence-electron chi connectivity index (χ4n) is 5.25. The number of aryl methyl sites for hydroxylation is 2. The second-order valence-corrected chi connectivity index (χ2v) is 12.8. The Bertz CT molecular complexity index is 1730. The molecule has 0 aliphatic carbocycles. The quantitative estimate of drug-likeness (QED) is 0.0598. The van der Waals surface area contributed by atoms with Crippen LogP contribution in [0.2, 0.25) is 0 Å². The van der Waals surface area contributed by atoms with E-state index < -0.39 is 0 Å². The standard InChI is InChI=1S/C44H50N4O4/c1-5-7-9-27-49-39-19-11-35(12-20-39)31-51-41-23-25-43(33(3)29-41)47-45-37-15-17-38(18-16-37)46-48-44-26-24-42(30-34(44)4)52-32-36-13-21-40(22-14-36)50-28-10-8-6-2/h11-26,29-30H,5-10,27-28,31-32H2,1-4H3. The number of ether oxygens (including phenoxy) is 4. The zero-order valence-corrected chi connectivity index (χ0v) is 30.9. The molecule has 5 aromatic carbocycles. The van der Waals surface area contributed by atoms with Gasteiger partial charge in [0, 0.05) is 0 Å². The Morgan fingerprint density at radius 2 is 0.788 bits per heavy atom. The highest BCUT2D eigenvalue weighted by atomic mass is 16.5. The van der Waals surface area contributed by atoms with Gasteiger partial charge in [-0.3, -0.25) is 0 Å². The molecule has 0 heterocycles. The first-order valence-electron chi connectivity index (χ1n) is 18.3. The third-order valence-corrected chi connectivity index (χ3v) is 8.42. The van der Waals surface area contributed by atoms with Crippen LogP contribution in [-0.4, -0.2) is 13.2 Å². The SMILES string of the molecule is CCCCCOc1ccc(COc2ccc(N=Nc3ccc(N=Nc4ccc(OCc5ccc(OCCCCC)cc5)cc4C)cc3)c(C)c2)cc1. The van der Waals surface area contributed by atoms with Crippen LogP contribution in [0.5, 0.6) is 23.0 Å². The first kappa shape index (κ1) is 37.7. The molecule has 0 unspecified atom stereocenters. The van der Waals surface area contributed by atoms with Crippen molar-refractivity contribution < 1.29 is 18.9 Å². The third kappa shape index (κ3) is 12.4. The van der Waals surface area contributed by atoms with Crippen LogP contribution in [0.3, 0.4) is 0 Å². The monoisotopic (exact) mass is 698 g/mol. The maximum Gasteiger partial charge on any atom is 0.120 e. The van der Waals surface area contributed by atoms with Gasteiger partial charge in [-0.15, -0.1) is 0 Å². The molecule has 52 heavy (non-hydrogen) atoms. The molecule has 0 amide bonds. The Hall–Kier alpha value is -5.50. The molecule has 0 spiro atoms. The zero-order chi connectivity index (χ0) is 36.4. The Kier molecular flexibility index (Phi) is 14.8. The maximum atomic E-state index is 6.03. The lowest BCUT2D eigenvalue weighted by Crippen LogP contribution is -1.98. The summed E-state index contributed by atoms with van der Waals surface area (Å²) in [4.78, 5) is 0.